The van der Waals surface area contributed by atoms with E-state index < -0.39 is 9.84 Å². The second-order valence-corrected chi connectivity index (χ2v) is 8.79. The molecular weight excluding hydrogens is 356 g/mol. The van der Waals surface area contributed by atoms with E-state index in [-0.39, 0.29) is 23.6 Å². The third-order valence-electron chi connectivity index (χ3n) is 4.73. The summed E-state index contributed by atoms with van der Waals surface area (Å²) in [6.07, 6.45) is 0. The summed E-state index contributed by atoms with van der Waals surface area (Å²) in [6.45, 7) is 0. The highest BCUT2D eigenvalue weighted by Crippen LogP contribution is 2.38. The molecule has 0 N–H and O–H groups in total. The van der Waals surface area contributed by atoms with E-state index in [1.807, 2.05) is 64.4 Å². The highest BCUT2D eigenvalue weighted by molar-refractivity contribution is 7.91. The Balaban J connectivity index is 1.80. The summed E-state index contributed by atoms with van der Waals surface area (Å²) in [7, 11) is -1.49. The van der Waals surface area contributed by atoms with Crippen LogP contribution >= 0.6 is 12.2 Å². The predicted octanol–water partition coefficient (Wildman–Crippen LogP) is 2.47. The highest BCUT2D eigenvalue weighted by Gasteiger charge is 2.52. The number of sulfone groups is 1. The van der Waals surface area contributed by atoms with E-state index in [0.29, 0.717) is 5.11 Å². The Morgan fingerprint density at radius 3 is 2.20 bits per heavy atom. The SMILES string of the molecule is COc1cccc(N2C(=S)N(c3ccccc3)C3CS(=O)(=O)CC32)c1. The fourth-order valence-corrected chi connectivity index (χ4v) is 6.06. The number of methoxy groups -OCH3 is 1. The molecule has 0 aromatic heterocycles. The molecule has 2 heterocycles. The lowest BCUT2D eigenvalue weighted by atomic mass is 10.1. The molecule has 0 amide bonds. The number of hydrogen-bond acceptors (Lipinski definition) is 4. The Hall–Kier alpha value is -2.12. The molecule has 0 bridgehead atoms. The van der Waals surface area contributed by atoms with Crippen molar-refractivity contribution in [3.05, 3.63) is 54.6 Å². The molecule has 2 fully saturated rings. The van der Waals surface area contributed by atoms with Crippen LogP contribution in [-0.2, 0) is 9.84 Å². The quantitative estimate of drug-likeness (QED) is 0.770. The number of thiocarbonyl (C=S) groups is 1. The van der Waals surface area contributed by atoms with Gasteiger partial charge in [0.15, 0.2) is 14.9 Å². The topological polar surface area (TPSA) is 49.9 Å². The second-order valence-electron chi connectivity index (χ2n) is 6.27. The summed E-state index contributed by atoms with van der Waals surface area (Å²) in [5, 5.41) is 0.629. The molecule has 2 aliphatic rings. The van der Waals surface area contributed by atoms with Crippen molar-refractivity contribution in [2.45, 2.75) is 12.1 Å². The van der Waals surface area contributed by atoms with Crippen LogP contribution in [0, 0.1) is 0 Å². The monoisotopic (exact) mass is 374 g/mol. The molecule has 0 saturated carbocycles. The summed E-state index contributed by atoms with van der Waals surface area (Å²) in [5.74, 6) is 0.946. The Morgan fingerprint density at radius 2 is 1.56 bits per heavy atom. The lowest BCUT2D eigenvalue weighted by Crippen LogP contribution is -2.37. The molecule has 7 heteroatoms. The Morgan fingerprint density at radius 1 is 0.960 bits per heavy atom. The molecule has 130 valence electrons. The van der Waals surface area contributed by atoms with E-state index in [0.717, 1.165) is 17.1 Å². The average molecular weight is 374 g/mol. The lowest BCUT2D eigenvalue weighted by molar-refractivity contribution is 0.415. The molecular formula is C18H18N2O3S2. The van der Waals surface area contributed by atoms with Crippen molar-refractivity contribution >= 4 is 38.5 Å². The van der Waals surface area contributed by atoms with Gasteiger partial charge < -0.3 is 14.5 Å². The Bertz CT molecular complexity index is 915. The van der Waals surface area contributed by atoms with Crippen molar-refractivity contribution in [1.29, 1.82) is 0 Å². The number of rotatable bonds is 3. The van der Waals surface area contributed by atoms with Gasteiger partial charge in [-0.25, -0.2) is 8.42 Å². The van der Waals surface area contributed by atoms with Gasteiger partial charge in [-0.05, 0) is 36.5 Å². The van der Waals surface area contributed by atoms with Crippen LogP contribution in [0.15, 0.2) is 54.6 Å². The van der Waals surface area contributed by atoms with Gasteiger partial charge in [-0.1, -0.05) is 24.3 Å². The third-order valence-corrected chi connectivity index (χ3v) is 6.83. The lowest BCUT2D eigenvalue weighted by Gasteiger charge is -2.26. The Kier molecular flexibility index (Phi) is 3.92. The van der Waals surface area contributed by atoms with Crippen LogP contribution in [0.25, 0.3) is 0 Å². The van der Waals surface area contributed by atoms with Crippen LogP contribution in [0.4, 0.5) is 11.4 Å². The van der Waals surface area contributed by atoms with Crippen LogP contribution in [0.3, 0.4) is 0 Å². The van der Waals surface area contributed by atoms with E-state index in [2.05, 4.69) is 0 Å². The third kappa shape index (κ3) is 2.77. The number of nitrogens with zero attached hydrogens (tertiary/aromatic N) is 2. The predicted molar refractivity (Wildman–Crippen MR) is 103 cm³/mol. The molecule has 0 aliphatic carbocycles. The summed E-state index contributed by atoms with van der Waals surface area (Å²) in [5.41, 5.74) is 1.78. The van der Waals surface area contributed by atoms with Crippen molar-refractivity contribution in [1.82, 2.24) is 0 Å². The number of benzene rings is 2. The molecule has 25 heavy (non-hydrogen) atoms. The maximum Gasteiger partial charge on any atom is 0.181 e. The number of para-hydroxylation sites is 1. The van der Waals surface area contributed by atoms with Crippen molar-refractivity contribution < 1.29 is 13.2 Å². The van der Waals surface area contributed by atoms with Crippen molar-refractivity contribution in [3.8, 4) is 5.75 Å². The van der Waals surface area contributed by atoms with Crippen LogP contribution < -0.4 is 14.5 Å². The highest BCUT2D eigenvalue weighted by atomic mass is 32.2. The van der Waals surface area contributed by atoms with Gasteiger partial charge in [0, 0.05) is 17.4 Å². The first-order valence-corrected chi connectivity index (χ1v) is 10.2. The van der Waals surface area contributed by atoms with Gasteiger partial charge in [-0.2, -0.15) is 0 Å². The van der Waals surface area contributed by atoms with E-state index in [4.69, 9.17) is 17.0 Å². The molecule has 0 radical (unpaired) electrons. The number of ether oxygens (including phenoxy) is 1. The van der Waals surface area contributed by atoms with E-state index in [1.54, 1.807) is 7.11 Å². The van der Waals surface area contributed by atoms with Crippen LogP contribution in [0.2, 0.25) is 0 Å². The van der Waals surface area contributed by atoms with E-state index in [1.165, 1.54) is 0 Å². The van der Waals surface area contributed by atoms with Crippen molar-refractivity contribution in [2.24, 2.45) is 0 Å². The molecule has 2 saturated heterocycles. The second kappa shape index (κ2) is 6.00. The van der Waals surface area contributed by atoms with Gasteiger partial charge in [-0.15, -0.1) is 0 Å². The van der Waals surface area contributed by atoms with Gasteiger partial charge in [0.1, 0.15) is 5.75 Å². The molecule has 5 nitrogen and oxygen atoms in total. The molecule has 2 unspecified atom stereocenters. The van der Waals surface area contributed by atoms with Crippen molar-refractivity contribution in [2.75, 3.05) is 28.4 Å². The van der Waals surface area contributed by atoms with Gasteiger partial charge >= 0.3 is 0 Å². The minimum atomic E-state index is -3.10. The standard InChI is InChI=1S/C18H18N2O3S2/c1-23-15-9-5-8-14(10-15)20-17-12-25(21,22)11-16(17)19(18(20)24)13-6-3-2-4-7-13/h2-10,16-17H,11-12H2,1H3. The number of fused-ring (bicyclic) bond motifs is 1. The smallest absolute Gasteiger partial charge is 0.181 e. The van der Waals surface area contributed by atoms with Gasteiger partial charge in [0.2, 0.25) is 0 Å². The first kappa shape index (κ1) is 16.4. The first-order valence-electron chi connectivity index (χ1n) is 8.02. The molecule has 2 aromatic carbocycles. The van der Waals surface area contributed by atoms with Gasteiger partial charge in [0.05, 0.1) is 30.7 Å². The summed E-state index contributed by atoms with van der Waals surface area (Å²) in [6, 6.07) is 16.9. The van der Waals surface area contributed by atoms with Crippen LogP contribution in [0.5, 0.6) is 5.75 Å². The van der Waals surface area contributed by atoms with Crippen LogP contribution in [-0.4, -0.2) is 44.2 Å². The molecule has 4 rings (SSSR count). The fraction of sp³-hybridized carbons (Fsp3) is 0.278. The van der Waals surface area contributed by atoms with E-state index >= 15 is 0 Å². The molecule has 2 aliphatic heterocycles. The maximum absolute atomic E-state index is 12.3. The zero-order chi connectivity index (χ0) is 17.6. The minimum absolute atomic E-state index is 0.109. The van der Waals surface area contributed by atoms with Gasteiger partial charge in [0.25, 0.3) is 0 Å². The Labute approximate surface area is 152 Å². The fourth-order valence-electron chi connectivity index (χ4n) is 3.66. The zero-order valence-corrected chi connectivity index (χ0v) is 15.3. The largest absolute Gasteiger partial charge is 0.497 e. The summed E-state index contributed by atoms with van der Waals surface area (Å²) in [4.78, 5) is 3.93. The molecule has 0 spiro atoms. The average Bonchev–Trinajstić information content (AvgIpc) is 3.04. The van der Waals surface area contributed by atoms with Crippen molar-refractivity contribution in [3.63, 3.8) is 0 Å². The minimum Gasteiger partial charge on any atom is -0.497 e. The van der Waals surface area contributed by atoms with E-state index in [9.17, 15) is 8.42 Å². The molecule has 2 atom stereocenters. The zero-order valence-electron chi connectivity index (χ0n) is 13.7. The maximum atomic E-state index is 12.3. The normalized spacial score (nSPS) is 24.4. The number of anilines is 2. The van der Waals surface area contributed by atoms with Crippen LogP contribution in [0.1, 0.15) is 0 Å². The molecule has 2 aromatic rings. The summed E-state index contributed by atoms with van der Waals surface area (Å²) < 4.78 is 29.9. The van der Waals surface area contributed by atoms with Gasteiger partial charge in [-0.3, -0.25) is 0 Å². The first-order chi connectivity index (χ1) is 12.0. The summed E-state index contributed by atoms with van der Waals surface area (Å²) >= 11 is 5.75. The number of hydrogen-bond donors (Lipinski definition) is 0.